The van der Waals surface area contributed by atoms with Crippen molar-refractivity contribution in [2.75, 3.05) is 28.6 Å². The van der Waals surface area contributed by atoms with E-state index < -0.39 is 0 Å². The highest BCUT2D eigenvalue weighted by Gasteiger charge is 2.29. The number of amides is 4. The average Bonchev–Trinajstić information content (AvgIpc) is 3.48. The summed E-state index contributed by atoms with van der Waals surface area (Å²) in [7, 11) is 0. The number of carbonyl (C=O) groups is 3. The van der Waals surface area contributed by atoms with Gasteiger partial charge in [-0.3, -0.25) is 14.5 Å². The fraction of sp³-hybridized carbons (Fsp3) is 0.318. The third-order valence-electron chi connectivity index (χ3n) is 5.15. The van der Waals surface area contributed by atoms with Gasteiger partial charge in [-0.15, -0.1) is 0 Å². The molecule has 4 amide bonds. The van der Waals surface area contributed by atoms with Crippen LogP contribution in [0.4, 0.5) is 21.9 Å². The lowest BCUT2D eigenvalue weighted by atomic mass is 10.1. The summed E-state index contributed by atoms with van der Waals surface area (Å²) in [6.07, 6.45) is 2.65. The van der Waals surface area contributed by atoms with E-state index in [0.29, 0.717) is 30.0 Å². The molecule has 1 aliphatic heterocycles. The monoisotopic (exact) mass is 392 g/mol. The minimum absolute atomic E-state index is 0.00614. The normalized spacial score (nSPS) is 14.9. The van der Waals surface area contributed by atoms with Crippen molar-refractivity contribution in [1.29, 1.82) is 0 Å². The first-order valence-electron chi connectivity index (χ1n) is 9.95. The van der Waals surface area contributed by atoms with Crippen molar-refractivity contribution >= 4 is 34.9 Å². The minimum atomic E-state index is -0.268. The summed E-state index contributed by atoms with van der Waals surface area (Å²) in [4.78, 5) is 38.6. The van der Waals surface area contributed by atoms with Gasteiger partial charge in [0.25, 0.3) is 5.91 Å². The molecule has 0 radical (unpaired) electrons. The van der Waals surface area contributed by atoms with Crippen LogP contribution in [0.5, 0.6) is 0 Å². The maximum absolute atomic E-state index is 12.7. The van der Waals surface area contributed by atoms with Gasteiger partial charge in [0.05, 0.1) is 5.69 Å². The summed E-state index contributed by atoms with van der Waals surface area (Å²) >= 11 is 0. The maximum Gasteiger partial charge on any atom is 0.321 e. The Balaban J connectivity index is 1.47. The van der Waals surface area contributed by atoms with Crippen LogP contribution >= 0.6 is 0 Å². The first-order valence-corrected chi connectivity index (χ1v) is 9.95. The molecular formula is C22H24N4O3. The lowest BCUT2D eigenvalue weighted by molar-refractivity contribution is -0.117. The molecule has 7 nitrogen and oxygen atoms in total. The van der Waals surface area contributed by atoms with Crippen molar-refractivity contribution in [3.05, 3.63) is 53.6 Å². The Morgan fingerprint density at radius 3 is 2.59 bits per heavy atom. The number of anilines is 3. The van der Waals surface area contributed by atoms with Crippen LogP contribution in [0.25, 0.3) is 0 Å². The van der Waals surface area contributed by atoms with E-state index >= 15 is 0 Å². The number of nitrogens with one attached hydrogen (secondary N) is 3. The van der Waals surface area contributed by atoms with Crippen LogP contribution in [-0.4, -0.2) is 30.9 Å². The van der Waals surface area contributed by atoms with Crippen molar-refractivity contribution in [2.24, 2.45) is 5.92 Å². The largest absolute Gasteiger partial charge is 0.338 e. The molecule has 0 bridgehead atoms. The molecule has 1 heterocycles. The standard InChI is InChI=1S/C22H24N4O3/c1-2-23-22(29)26-11-10-14-8-9-18(13-19(14)26)25-21(28)16-4-3-5-17(12-16)24-20(27)15-6-7-15/h3-5,8-9,12-13,15H,2,6-7,10-11H2,1H3,(H,23,29)(H,24,27)(H,25,28). The Labute approximate surface area is 169 Å². The Kier molecular flexibility index (Phi) is 5.20. The molecule has 4 rings (SSSR count). The van der Waals surface area contributed by atoms with Crippen LogP contribution in [0.15, 0.2) is 42.5 Å². The molecule has 0 unspecified atom stereocenters. The molecule has 0 saturated heterocycles. The van der Waals surface area contributed by atoms with Gasteiger partial charge in [-0.1, -0.05) is 12.1 Å². The second-order valence-electron chi connectivity index (χ2n) is 7.38. The van der Waals surface area contributed by atoms with Gasteiger partial charge in [-0.25, -0.2) is 4.79 Å². The Morgan fingerprint density at radius 1 is 1.03 bits per heavy atom. The van der Waals surface area contributed by atoms with E-state index in [9.17, 15) is 14.4 Å². The van der Waals surface area contributed by atoms with E-state index in [-0.39, 0.29) is 23.8 Å². The maximum atomic E-state index is 12.7. The fourth-order valence-electron chi connectivity index (χ4n) is 3.45. The van der Waals surface area contributed by atoms with Gasteiger partial charge in [-0.2, -0.15) is 0 Å². The zero-order valence-electron chi connectivity index (χ0n) is 16.3. The van der Waals surface area contributed by atoms with E-state index in [1.807, 2.05) is 25.1 Å². The van der Waals surface area contributed by atoms with Gasteiger partial charge in [0.1, 0.15) is 0 Å². The zero-order valence-corrected chi connectivity index (χ0v) is 16.3. The topological polar surface area (TPSA) is 90.5 Å². The molecule has 2 aromatic carbocycles. The second kappa shape index (κ2) is 7.95. The first kappa shape index (κ1) is 19.0. The van der Waals surface area contributed by atoms with Gasteiger partial charge >= 0.3 is 6.03 Å². The van der Waals surface area contributed by atoms with Crippen LogP contribution in [-0.2, 0) is 11.2 Å². The van der Waals surface area contributed by atoms with Crippen LogP contribution in [0, 0.1) is 5.92 Å². The molecule has 1 fully saturated rings. The highest BCUT2D eigenvalue weighted by Crippen LogP contribution is 2.32. The number of nitrogens with zero attached hydrogens (tertiary/aromatic N) is 1. The van der Waals surface area contributed by atoms with Crippen molar-refractivity contribution in [1.82, 2.24) is 5.32 Å². The summed E-state index contributed by atoms with van der Waals surface area (Å²) in [5.41, 5.74) is 3.60. The van der Waals surface area contributed by atoms with Crippen molar-refractivity contribution in [2.45, 2.75) is 26.2 Å². The second-order valence-corrected chi connectivity index (χ2v) is 7.38. The molecule has 2 aliphatic rings. The van der Waals surface area contributed by atoms with Gasteiger partial charge in [0.15, 0.2) is 0 Å². The van der Waals surface area contributed by atoms with E-state index in [2.05, 4.69) is 16.0 Å². The fourth-order valence-corrected chi connectivity index (χ4v) is 3.45. The summed E-state index contributed by atoms with van der Waals surface area (Å²) in [5.74, 6) is -0.159. The zero-order chi connectivity index (χ0) is 20.4. The summed E-state index contributed by atoms with van der Waals surface area (Å²) in [5, 5.41) is 8.56. The molecule has 7 heteroatoms. The lowest BCUT2D eigenvalue weighted by Crippen LogP contribution is -2.38. The smallest absolute Gasteiger partial charge is 0.321 e. The number of hydrogen-bond acceptors (Lipinski definition) is 3. The number of rotatable bonds is 5. The Morgan fingerprint density at radius 2 is 1.83 bits per heavy atom. The van der Waals surface area contributed by atoms with Crippen LogP contribution in [0.2, 0.25) is 0 Å². The number of hydrogen-bond donors (Lipinski definition) is 3. The first-order chi connectivity index (χ1) is 14.0. The minimum Gasteiger partial charge on any atom is -0.338 e. The van der Waals surface area contributed by atoms with Gasteiger partial charge in [-0.05, 0) is 62.1 Å². The number of benzene rings is 2. The van der Waals surface area contributed by atoms with Crippen LogP contribution < -0.4 is 20.9 Å². The molecule has 1 aliphatic carbocycles. The average molecular weight is 392 g/mol. The molecule has 3 N–H and O–H groups in total. The molecule has 29 heavy (non-hydrogen) atoms. The third kappa shape index (κ3) is 4.23. The molecular weight excluding hydrogens is 368 g/mol. The highest BCUT2D eigenvalue weighted by molar-refractivity contribution is 6.06. The number of urea groups is 1. The van der Waals surface area contributed by atoms with Gasteiger partial charge < -0.3 is 16.0 Å². The predicted octanol–water partition coefficient (Wildman–Crippen LogP) is 3.38. The van der Waals surface area contributed by atoms with Crippen LogP contribution in [0.1, 0.15) is 35.7 Å². The lowest BCUT2D eigenvalue weighted by Gasteiger charge is -2.18. The highest BCUT2D eigenvalue weighted by atomic mass is 16.2. The van der Waals surface area contributed by atoms with Crippen molar-refractivity contribution < 1.29 is 14.4 Å². The third-order valence-corrected chi connectivity index (χ3v) is 5.15. The van der Waals surface area contributed by atoms with Crippen molar-refractivity contribution in [3.63, 3.8) is 0 Å². The van der Waals surface area contributed by atoms with E-state index in [1.165, 1.54) is 0 Å². The molecule has 0 spiro atoms. The quantitative estimate of drug-likeness (QED) is 0.729. The summed E-state index contributed by atoms with van der Waals surface area (Å²) < 4.78 is 0. The molecule has 1 saturated carbocycles. The molecule has 2 aromatic rings. The van der Waals surface area contributed by atoms with Crippen LogP contribution in [0.3, 0.4) is 0 Å². The van der Waals surface area contributed by atoms with Crippen molar-refractivity contribution in [3.8, 4) is 0 Å². The van der Waals surface area contributed by atoms with E-state index in [0.717, 1.165) is 30.5 Å². The van der Waals surface area contributed by atoms with E-state index in [4.69, 9.17) is 0 Å². The molecule has 0 aromatic heterocycles. The van der Waals surface area contributed by atoms with Gasteiger partial charge in [0.2, 0.25) is 5.91 Å². The van der Waals surface area contributed by atoms with E-state index in [1.54, 1.807) is 29.2 Å². The van der Waals surface area contributed by atoms with Gasteiger partial charge in [0, 0.05) is 35.9 Å². The predicted molar refractivity (Wildman–Crippen MR) is 112 cm³/mol. The summed E-state index contributed by atoms with van der Waals surface area (Å²) in [6, 6.07) is 12.4. The summed E-state index contributed by atoms with van der Waals surface area (Å²) in [6.45, 7) is 3.07. The number of fused-ring (bicyclic) bond motifs is 1. The SMILES string of the molecule is CCNC(=O)N1CCc2ccc(NC(=O)c3cccc(NC(=O)C4CC4)c3)cc21. The Bertz CT molecular complexity index is 968. The number of carbonyl (C=O) groups excluding carboxylic acids is 3. The molecule has 150 valence electrons. The molecule has 0 atom stereocenters. The Hall–Kier alpha value is -3.35.